The average molecular weight is 547 g/mol. The van der Waals surface area contributed by atoms with Crippen molar-refractivity contribution in [3.8, 4) is 5.75 Å². The van der Waals surface area contributed by atoms with Crippen LogP contribution in [0.15, 0.2) is 52.2 Å². The Morgan fingerprint density at radius 3 is 2.36 bits per heavy atom. The molecule has 194 valence electrons. The summed E-state index contributed by atoms with van der Waals surface area (Å²) in [4.78, 5) is 15.5. The minimum atomic E-state index is -4.79. The lowest BCUT2D eigenvalue weighted by Gasteiger charge is -2.27. The van der Waals surface area contributed by atoms with E-state index in [1.165, 1.54) is 24.6 Å². The maximum Gasteiger partial charge on any atom is 0.416 e. The number of rotatable bonds is 9. The third kappa shape index (κ3) is 6.32. The van der Waals surface area contributed by atoms with Gasteiger partial charge in [-0.15, -0.1) is 11.3 Å². The number of hydrogen-bond donors (Lipinski definition) is 0. The van der Waals surface area contributed by atoms with Crippen LogP contribution in [-0.4, -0.2) is 39.2 Å². The first-order chi connectivity index (χ1) is 16.8. The molecule has 0 spiro atoms. The van der Waals surface area contributed by atoms with E-state index in [-0.39, 0.29) is 22.3 Å². The molecule has 0 aliphatic carbocycles. The molecule has 0 saturated carbocycles. The van der Waals surface area contributed by atoms with Gasteiger partial charge >= 0.3 is 12.1 Å². The first kappa shape index (κ1) is 27.4. The molecule has 0 fully saturated rings. The highest BCUT2D eigenvalue weighted by atomic mass is 32.2. The molecular formula is C23H22F4N2O5S2. The number of anilines is 1. The number of halogens is 4. The van der Waals surface area contributed by atoms with E-state index in [1.807, 2.05) is 0 Å². The average Bonchev–Trinajstić information content (AvgIpc) is 3.27. The number of carbonyl (C=O) groups is 1. The zero-order valence-corrected chi connectivity index (χ0v) is 21.0. The maximum atomic E-state index is 14.1. The predicted octanol–water partition coefficient (Wildman–Crippen LogP) is 5.39. The molecule has 36 heavy (non-hydrogen) atoms. The van der Waals surface area contributed by atoms with Crippen LogP contribution in [0.5, 0.6) is 5.75 Å². The molecule has 0 aliphatic rings. The Hall–Kier alpha value is -3.19. The van der Waals surface area contributed by atoms with Crippen LogP contribution < -0.4 is 9.04 Å². The van der Waals surface area contributed by atoms with Crippen LogP contribution in [0.2, 0.25) is 0 Å². The zero-order valence-electron chi connectivity index (χ0n) is 19.4. The number of carbonyl (C=O) groups excluding carboxylic acids is 1. The lowest BCUT2D eigenvalue weighted by atomic mass is 10.1. The van der Waals surface area contributed by atoms with Crippen LogP contribution in [-0.2, 0) is 27.5 Å². The second kappa shape index (κ2) is 10.8. The molecule has 1 unspecified atom stereocenters. The fraction of sp³-hybridized carbons (Fsp3) is 0.304. The van der Waals surface area contributed by atoms with Gasteiger partial charge in [-0.25, -0.2) is 14.2 Å². The molecule has 0 aliphatic heterocycles. The Morgan fingerprint density at radius 1 is 1.17 bits per heavy atom. The summed E-state index contributed by atoms with van der Waals surface area (Å²) in [6.45, 7) is 1.72. The molecule has 1 aromatic heterocycles. The predicted molar refractivity (Wildman–Crippen MR) is 126 cm³/mol. The van der Waals surface area contributed by atoms with Gasteiger partial charge in [-0.05, 0) is 49.7 Å². The van der Waals surface area contributed by atoms with E-state index in [9.17, 15) is 30.8 Å². The highest BCUT2D eigenvalue weighted by molar-refractivity contribution is 7.94. The molecule has 1 heterocycles. The summed E-state index contributed by atoms with van der Waals surface area (Å²) in [7, 11) is -3.28. The number of methoxy groups -OCH3 is 1. The fourth-order valence-electron chi connectivity index (χ4n) is 3.13. The molecule has 2 aromatic carbocycles. The number of hydrogen-bond acceptors (Lipinski definition) is 7. The van der Waals surface area contributed by atoms with Crippen LogP contribution in [0.25, 0.3) is 0 Å². The summed E-state index contributed by atoms with van der Waals surface area (Å²) >= 11 is 0.774. The second-order valence-electron chi connectivity index (χ2n) is 7.73. The topological polar surface area (TPSA) is 85.8 Å². The largest absolute Gasteiger partial charge is 0.487 e. The first-order valence-electron chi connectivity index (χ1n) is 10.4. The number of alkyl halides is 4. The van der Waals surface area contributed by atoms with Crippen LogP contribution in [0, 0.1) is 6.92 Å². The van der Waals surface area contributed by atoms with E-state index in [1.54, 1.807) is 19.1 Å². The summed E-state index contributed by atoms with van der Waals surface area (Å²) in [5, 5.41) is 1.46. The van der Waals surface area contributed by atoms with Crippen LogP contribution in [0.4, 0.5) is 23.2 Å². The van der Waals surface area contributed by atoms with Gasteiger partial charge in [0.05, 0.1) is 30.5 Å². The molecule has 3 rings (SSSR count). The van der Waals surface area contributed by atoms with Gasteiger partial charge in [0.25, 0.3) is 10.0 Å². The number of aromatic nitrogens is 1. The zero-order chi connectivity index (χ0) is 26.7. The quantitative estimate of drug-likeness (QED) is 0.264. The standard InChI is InChI=1S/C23H22F4N2O5S2/c1-14(24)11-29(36(31,32)22-28-15(2)13-35-22)19-10-18(23(25,26)27)8-9-20(19)34-12-16-4-6-17(7-5-16)21(30)33-3/h4-10,13-14H,11-12H2,1-3H3. The Balaban J connectivity index is 2.04. The van der Waals surface area contributed by atoms with E-state index in [4.69, 9.17) is 4.74 Å². The van der Waals surface area contributed by atoms with Gasteiger partial charge in [0.15, 0.2) is 0 Å². The van der Waals surface area contributed by atoms with Gasteiger partial charge in [-0.1, -0.05) is 12.1 Å². The second-order valence-corrected chi connectivity index (χ2v) is 10.6. The van der Waals surface area contributed by atoms with Gasteiger partial charge in [0, 0.05) is 11.1 Å². The first-order valence-corrected chi connectivity index (χ1v) is 12.7. The lowest BCUT2D eigenvalue weighted by Crippen LogP contribution is -2.36. The Morgan fingerprint density at radius 2 is 1.83 bits per heavy atom. The number of esters is 1. The molecule has 0 saturated heterocycles. The van der Waals surface area contributed by atoms with Gasteiger partial charge in [-0.3, -0.25) is 4.31 Å². The van der Waals surface area contributed by atoms with Crippen molar-refractivity contribution in [2.45, 2.75) is 37.1 Å². The molecule has 0 bridgehead atoms. The van der Waals surface area contributed by atoms with Gasteiger partial charge < -0.3 is 9.47 Å². The monoisotopic (exact) mass is 546 g/mol. The third-order valence-electron chi connectivity index (χ3n) is 4.85. The van der Waals surface area contributed by atoms with Crippen molar-refractivity contribution in [2.75, 3.05) is 18.0 Å². The van der Waals surface area contributed by atoms with Crippen molar-refractivity contribution < 1.29 is 40.2 Å². The summed E-state index contributed by atoms with van der Waals surface area (Å²) in [6.07, 6.45) is -6.50. The summed E-state index contributed by atoms with van der Waals surface area (Å²) in [5.41, 5.74) is -0.396. The SMILES string of the molecule is COC(=O)c1ccc(COc2ccc(C(F)(F)F)cc2N(CC(C)F)S(=O)(=O)c2nc(C)cs2)cc1. The van der Waals surface area contributed by atoms with Crippen molar-refractivity contribution in [3.05, 3.63) is 70.2 Å². The fourth-order valence-corrected chi connectivity index (χ4v) is 5.80. The molecule has 7 nitrogen and oxygen atoms in total. The number of ether oxygens (including phenoxy) is 2. The molecule has 13 heteroatoms. The Labute approximate surface area is 209 Å². The van der Waals surface area contributed by atoms with E-state index < -0.39 is 46.1 Å². The van der Waals surface area contributed by atoms with Crippen molar-refractivity contribution in [3.63, 3.8) is 0 Å². The van der Waals surface area contributed by atoms with E-state index in [0.29, 0.717) is 21.6 Å². The van der Waals surface area contributed by atoms with Crippen LogP contribution >= 0.6 is 11.3 Å². The highest BCUT2D eigenvalue weighted by Gasteiger charge is 2.36. The molecule has 3 aromatic rings. The third-order valence-corrected chi connectivity index (χ3v) is 7.98. The van der Waals surface area contributed by atoms with E-state index in [2.05, 4.69) is 9.72 Å². The van der Waals surface area contributed by atoms with Crippen molar-refractivity contribution in [1.82, 2.24) is 4.98 Å². The van der Waals surface area contributed by atoms with Crippen molar-refractivity contribution in [1.29, 1.82) is 0 Å². The molecule has 0 radical (unpaired) electrons. The maximum absolute atomic E-state index is 14.1. The van der Waals surface area contributed by atoms with Crippen molar-refractivity contribution >= 4 is 33.0 Å². The minimum absolute atomic E-state index is 0.171. The number of nitrogens with zero attached hydrogens (tertiary/aromatic N) is 2. The molecule has 1 atom stereocenters. The summed E-state index contributed by atoms with van der Waals surface area (Å²) in [6, 6.07) is 8.39. The van der Waals surface area contributed by atoms with E-state index in [0.717, 1.165) is 30.4 Å². The highest BCUT2D eigenvalue weighted by Crippen LogP contribution is 2.39. The van der Waals surface area contributed by atoms with E-state index >= 15 is 0 Å². The minimum Gasteiger partial charge on any atom is -0.487 e. The van der Waals surface area contributed by atoms with Crippen LogP contribution in [0.3, 0.4) is 0 Å². The summed E-state index contributed by atoms with van der Waals surface area (Å²) in [5.74, 6) is -0.761. The number of sulfonamides is 1. The molecule has 0 N–H and O–H groups in total. The molecular weight excluding hydrogens is 524 g/mol. The lowest BCUT2D eigenvalue weighted by molar-refractivity contribution is -0.137. The van der Waals surface area contributed by atoms with Crippen LogP contribution in [0.1, 0.15) is 34.1 Å². The number of benzene rings is 2. The normalized spacial score (nSPS) is 12.8. The molecule has 0 amide bonds. The number of aryl methyl sites for hydroxylation is 1. The smallest absolute Gasteiger partial charge is 0.416 e. The van der Waals surface area contributed by atoms with Crippen molar-refractivity contribution in [2.24, 2.45) is 0 Å². The van der Waals surface area contributed by atoms with Gasteiger partial charge in [0.1, 0.15) is 18.5 Å². The Bertz CT molecular complexity index is 1320. The Kier molecular flexibility index (Phi) is 8.24. The van der Waals surface area contributed by atoms with Gasteiger partial charge in [-0.2, -0.15) is 21.6 Å². The number of thiazole rings is 1. The summed E-state index contributed by atoms with van der Waals surface area (Å²) < 4.78 is 91.7. The van der Waals surface area contributed by atoms with Gasteiger partial charge in [0.2, 0.25) is 4.34 Å².